The largest absolute Gasteiger partial charge is 0.469 e. The molecule has 5 nitrogen and oxygen atoms in total. The van der Waals surface area contributed by atoms with E-state index in [0.717, 1.165) is 5.56 Å². The summed E-state index contributed by atoms with van der Waals surface area (Å²) >= 11 is 3.29. The fraction of sp³-hybridized carbons (Fsp3) is 0.417. The Kier molecular flexibility index (Phi) is 4.27. The molecule has 0 amide bonds. The molecule has 0 saturated carbocycles. The van der Waals surface area contributed by atoms with Gasteiger partial charge in [0.2, 0.25) is 10.0 Å². The number of carbonyl (C=O) groups is 1. The van der Waals surface area contributed by atoms with Crippen LogP contribution in [0.2, 0.25) is 0 Å². The molecule has 104 valence electrons. The molecule has 0 unspecified atom stereocenters. The van der Waals surface area contributed by atoms with E-state index in [9.17, 15) is 13.2 Å². The van der Waals surface area contributed by atoms with E-state index < -0.39 is 10.0 Å². The molecule has 2 rings (SSSR count). The Balaban J connectivity index is 2.14. The minimum absolute atomic E-state index is 0.188. The van der Waals surface area contributed by atoms with Gasteiger partial charge >= 0.3 is 5.97 Å². The summed E-state index contributed by atoms with van der Waals surface area (Å²) < 4.78 is 30.5. The lowest BCUT2D eigenvalue weighted by molar-refractivity contribution is -0.149. The zero-order valence-electron chi connectivity index (χ0n) is 10.4. The van der Waals surface area contributed by atoms with Crippen molar-refractivity contribution in [1.82, 2.24) is 4.31 Å². The number of ether oxygens (including phenoxy) is 1. The number of nitrogens with zero attached hydrogens (tertiary/aromatic N) is 1. The van der Waals surface area contributed by atoms with Crippen LogP contribution in [0.25, 0.3) is 0 Å². The second-order valence-corrected chi connectivity index (χ2v) is 6.82. The normalized spacial score (nSPS) is 16.9. The van der Waals surface area contributed by atoms with E-state index in [0.29, 0.717) is 5.33 Å². The molecule has 1 heterocycles. The molecule has 0 aromatic heterocycles. The van der Waals surface area contributed by atoms with Gasteiger partial charge in [-0.25, -0.2) is 8.42 Å². The van der Waals surface area contributed by atoms with Crippen LogP contribution in [-0.2, 0) is 24.9 Å². The smallest absolute Gasteiger partial charge is 0.311 e. The average molecular weight is 348 g/mol. The molecule has 1 aliphatic rings. The molecule has 0 radical (unpaired) electrons. The van der Waals surface area contributed by atoms with E-state index in [-0.39, 0.29) is 29.9 Å². The predicted molar refractivity (Wildman–Crippen MR) is 73.3 cm³/mol. The molecule has 7 heteroatoms. The summed E-state index contributed by atoms with van der Waals surface area (Å²) in [6.45, 7) is 0.376. The zero-order chi connectivity index (χ0) is 14.0. The number of alkyl halides is 1. The standard InChI is InChI=1S/C12H14BrNO4S/c1-18-12(15)10-7-14(8-10)19(16,17)11-4-2-3-9(5-11)6-13/h2-5,10H,6-8H2,1H3. The fourth-order valence-electron chi connectivity index (χ4n) is 1.89. The molecule has 19 heavy (non-hydrogen) atoms. The molecule has 1 fully saturated rings. The van der Waals surface area contributed by atoms with Crippen LogP contribution in [0.4, 0.5) is 0 Å². The summed E-state index contributed by atoms with van der Waals surface area (Å²) in [7, 11) is -2.20. The van der Waals surface area contributed by atoms with Gasteiger partial charge in [-0.2, -0.15) is 4.31 Å². The van der Waals surface area contributed by atoms with Crippen molar-refractivity contribution < 1.29 is 17.9 Å². The maximum Gasteiger partial charge on any atom is 0.311 e. The molecule has 1 aromatic carbocycles. The lowest BCUT2D eigenvalue weighted by Gasteiger charge is -2.36. The van der Waals surface area contributed by atoms with Gasteiger partial charge in [0.15, 0.2) is 0 Å². The van der Waals surface area contributed by atoms with Gasteiger partial charge in [0.1, 0.15) is 0 Å². The van der Waals surface area contributed by atoms with Crippen molar-refractivity contribution in [3.8, 4) is 0 Å². The molecule has 1 aromatic rings. The first-order chi connectivity index (χ1) is 8.98. The first kappa shape index (κ1) is 14.5. The van der Waals surface area contributed by atoms with E-state index in [4.69, 9.17) is 0 Å². The maximum atomic E-state index is 12.3. The number of hydrogen-bond donors (Lipinski definition) is 0. The van der Waals surface area contributed by atoms with Gasteiger partial charge in [-0.1, -0.05) is 28.1 Å². The first-order valence-corrected chi connectivity index (χ1v) is 8.28. The molecule has 0 spiro atoms. The summed E-state index contributed by atoms with van der Waals surface area (Å²) in [5, 5.41) is 0.598. The molecule has 1 aliphatic heterocycles. The van der Waals surface area contributed by atoms with E-state index >= 15 is 0 Å². The van der Waals surface area contributed by atoms with Gasteiger partial charge in [-0.15, -0.1) is 0 Å². The number of halogens is 1. The van der Waals surface area contributed by atoms with Crippen LogP contribution in [0, 0.1) is 5.92 Å². The molecule has 1 saturated heterocycles. The molecular weight excluding hydrogens is 334 g/mol. The summed E-state index contributed by atoms with van der Waals surface area (Å²) in [6, 6.07) is 6.75. The number of carbonyl (C=O) groups excluding carboxylic acids is 1. The van der Waals surface area contributed by atoms with Crippen molar-refractivity contribution in [1.29, 1.82) is 0 Å². The van der Waals surface area contributed by atoms with Crippen molar-refractivity contribution in [3.05, 3.63) is 29.8 Å². The Hall–Kier alpha value is -0.920. The van der Waals surface area contributed by atoms with E-state index in [1.165, 1.54) is 11.4 Å². The monoisotopic (exact) mass is 347 g/mol. The Bertz CT molecular complexity index is 581. The van der Waals surface area contributed by atoms with Crippen LogP contribution in [0.15, 0.2) is 29.2 Å². The van der Waals surface area contributed by atoms with Crippen molar-refractivity contribution in [2.45, 2.75) is 10.2 Å². The van der Waals surface area contributed by atoms with Gasteiger partial charge in [-0.3, -0.25) is 4.79 Å². The van der Waals surface area contributed by atoms with Crippen molar-refractivity contribution >= 4 is 31.9 Å². The Morgan fingerprint density at radius 1 is 1.47 bits per heavy atom. The molecule has 0 aliphatic carbocycles. The van der Waals surface area contributed by atoms with Gasteiger partial charge in [-0.05, 0) is 17.7 Å². The third-order valence-corrected chi connectivity index (χ3v) is 5.55. The molecular formula is C12H14BrNO4S. The first-order valence-electron chi connectivity index (χ1n) is 5.72. The molecule has 0 atom stereocenters. The van der Waals surface area contributed by atoms with E-state index in [1.807, 2.05) is 6.07 Å². The van der Waals surface area contributed by atoms with Crippen LogP contribution in [0.5, 0.6) is 0 Å². The van der Waals surface area contributed by atoms with Crippen molar-refractivity contribution in [2.75, 3.05) is 20.2 Å². The quantitative estimate of drug-likeness (QED) is 0.609. The highest BCUT2D eigenvalue weighted by molar-refractivity contribution is 9.08. The minimum atomic E-state index is -3.50. The Morgan fingerprint density at radius 3 is 2.74 bits per heavy atom. The third kappa shape index (κ3) is 2.82. The minimum Gasteiger partial charge on any atom is -0.469 e. The van der Waals surface area contributed by atoms with Crippen LogP contribution >= 0.6 is 15.9 Å². The number of methoxy groups -OCH3 is 1. The summed E-state index contributed by atoms with van der Waals surface area (Å²) in [5.41, 5.74) is 0.895. The second-order valence-electron chi connectivity index (χ2n) is 4.32. The van der Waals surface area contributed by atoms with Crippen LogP contribution in [0.3, 0.4) is 0 Å². The number of sulfonamides is 1. The van der Waals surface area contributed by atoms with Gasteiger partial charge < -0.3 is 4.74 Å². The van der Waals surface area contributed by atoms with Crippen LogP contribution in [0.1, 0.15) is 5.56 Å². The Labute approximate surface area is 120 Å². The highest BCUT2D eigenvalue weighted by atomic mass is 79.9. The van der Waals surface area contributed by atoms with E-state index in [1.54, 1.807) is 18.2 Å². The summed E-state index contributed by atoms with van der Waals surface area (Å²) in [4.78, 5) is 11.5. The van der Waals surface area contributed by atoms with Gasteiger partial charge in [0.25, 0.3) is 0 Å². The third-order valence-electron chi connectivity index (χ3n) is 3.07. The predicted octanol–water partition coefficient (Wildman–Crippen LogP) is 1.37. The number of benzene rings is 1. The second kappa shape index (κ2) is 5.60. The maximum absolute atomic E-state index is 12.3. The van der Waals surface area contributed by atoms with Crippen molar-refractivity contribution in [2.24, 2.45) is 5.92 Å². The van der Waals surface area contributed by atoms with Gasteiger partial charge in [0.05, 0.1) is 17.9 Å². The number of esters is 1. The average Bonchev–Trinajstić information content (AvgIpc) is 2.36. The van der Waals surface area contributed by atoms with Gasteiger partial charge in [0, 0.05) is 18.4 Å². The fourth-order valence-corrected chi connectivity index (χ4v) is 3.84. The highest BCUT2D eigenvalue weighted by Gasteiger charge is 2.41. The topological polar surface area (TPSA) is 63.7 Å². The number of rotatable bonds is 4. The van der Waals surface area contributed by atoms with Crippen molar-refractivity contribution in [3.63, 3.8) is 0 Å². The zero-order valence-corrected chi connectivity index (χ0v) is 12.8. The summed E-state index contributed by atoms with van der Waals surface area (Å²) in [6.07, 6.45) is 0. The number of hydrogen-bond acceptors (Lipinski definition) is 4. The van der Waals surface area contributed by atoms with E-state index in [2.05, 4.69) is 20.7 Å². The lowest BCUT2D eigenvalue weighted by Crippen LogP contribution is -2.53. The van der Waals surface area contributed by atoms with Crippen LogP contribution in [-0.4, -0.2) is 38.9 Å². The SMILES string of the molecule is COC(=O)C1CN(S(=O)(=O)c2cccc(CBr)c2)C1. The lowest BCUT2D eigenvalue weighted by atomic mass is 10.0. The molecule has 0 bridgehead atoms. The molecule has 0 N–H and O–H groups in total. The van der Waals surface area contributed by atoms with Crippen LogP contribution < -0.4 is 0 Å². The summed E-state index contributed by atoms with van der Waals surface area (Å²) in [5.74, 6) is -0.709. The highest BCUT2D eigenvalue weighted by Crippen LogP contribution is 2.26. The Morgan fingerprint density at radius 2 is 2.16 bits per heavy atom.